The van der Waals surface area contributed by atoms with Crippen molar-refractivity contribution in [1.82, 2.24) is 19.5 Å². The van der Waals surface area contributed by atoms with Crippen molar-refractivity contribution in [2.24, 2.45) is 0 Å². The third-order valence-electron chi connectivity index (χ3n) is 5.69. The summed E-state index contributed by atoms with van der Waals surface area (Å²) in [6, 6.07) is 9.33. The maximum atomic E-state index is 12.4. The van der Waals surface area contributed by atoms with Gasteiger partial charge in [0.15, 0.2) is 29.9 Å². The largest absolute Gasteiger partial charge is 0.486 e. The van der Waals surface area contributed by atoms with Crippen molar-refractivity contribution in [1.29, 1.82) is 0 Å². The molecule has 3 heterocycles. The average Bonchev–Trinajstić information content (AvgIpc) is 3.17. The van der Waals surface area contributed by atoms with Gasteiger partial charge in [0.1, 0.15) is 6.61 Å². The molecule has 0 spiro atoms. The Bertz CT molecular complexity index is 1190. The summed E-state index contributed by atoms with van der Waals surface area (Å²) in [4.78, 5) is 30.8. The quantitative estimate of drug-likeness (QED) is 0.508. The molecule has 0 fully saturated rings. The number of amides is 1. The van der Waals surface area contributed by atoms with Crippen LogP contribution in [0.2, 0.25) is 0 Å². The van der Waals surface area contributed by atoms with Crippen LogP contribution in [0.15, 0.2) is 30.3 Å². The molecule has 9 heteroatoms. The van der Waals surface area contributed by atoms with Crippen molar-refractivity contribution < 1.29 is 23.8 Å². The van der Waals surface area contributed by atoms with Gasteiger partial charge in [-0.1, -0.05) is 12.1 Å². The number of fused-ring (bicyclic) bond motifs is 2. The molecule has 33 heavy (non-hydrogen) atoms. The number of carbonyl (C=O) groups excluding carboxylic acids is 2. The van der Waals surface area contributed by atoms with Gasteiger partial charge < -0.3 is 19.1 Å². The van der Waals surface area contributed by atoms with Gasteiger partial charge in [0.2, 0.25) is 0 Å². The predicted octanol–water partition coefficient (Wildman–Crippen LogP) is 2.43. The van der Waals surface area contributed by atoms with Gasteiger partial charge in [0.05, 0.1) is 12.2 Å². The molecule has 4 rings (SSSR count). The molecule has 174 valence electrons. The van der Waals surface area contributed by atoms with E-state index in [9.17, 15) is 9.59 Å². The highest BCUT2D eigenvalue weighted by molar-refractivity contribution is 5.80. The van der Waals surface area contributed by atoms with Crippen molar-refractivity contribution in [2.75, 3.05) is 26.8 Å². The summed E-state index contributed by atoms with van der Waals surface area (Å²) >= 11 is 0. The third kappa shape index (κ3) is 5.08. The Morgan fingerprint density at radius 1 is 1.21 bits per heavy atom. The van der Waals surface area contributed by atoms with E-state index in [-0.39, 0.29) is 25.0 Å². The van der Waals surface area contributed by atoms with Gasteiger partial charge >= 0.3 is 5.97 Å². The number of nitrogens with zero attached hydrogens (tertiary/aromatic N) is 4. The minimum atomic E-state index is -0.432. The van der Waals surface area contributed by atoms with E-state index in [1.807, 2.05) is 51.1 Å². The highest BCUT2D eigenvalue weighted by Gasteiger charge is 2.24. The summed E-state index contributed by atoms with van der Waals surface area (Å²) in [7, 11) is 1.65. The molecule has 1 amide bonds. The zero-order valence-electron chi connectivity index (χ0n) is 19.3. The second kappa shape index (κ2) is 9.48. The van der Waals surface area contributed by atoms with Crippen LogP contribution in [0.25, 0.3) is 5.65 Å². The van der Waals surface area contributed by atoms with E-state index in [1.54, 1.807) is 11.6 Å². The van der Waals surface area contributed by atoms with E-state index in [0.717, 1.165) is 28.3 Å². The lowest BCUT2D eigenvalue weighted by atomic mass is 10.1. The summed E-state index contributed by atoms with van der Waals surface area (Å²) in [6.45, 7) is 6.17. The number of carbonyl (C=O) groups is 2. The Labute approximate surface area is 192 Å². The number of likely N-dealkylation sites (N-methyl/N-ethyl adjacent to an activating group) is 1. The molecule has 1 atom stereocenters. The number of esters is 1. The van der Waals surface area contributed by atoms with Gasteiger partial charge in [-0.05, 0) is 44.9 Å². The fourth-order valence-electron chi connectivity index (χ4n) is 3.91. The van der Waals surface area contributed by atoms with Crippen molar-refractivity contribution in [3.63, 3.8) is 0 Å². The average molecular weight is 453 g/mol. The molecule has 2 aromatic heterocycles. The number of benzene rings is 1. The van der Waals surface area contributed by atoms with Crippen molar-refractivity contribution in [3.8, 4) is 11.5 Å². The fourth-order valence-corrected chi connectivity index (χ4v) is 3.91. The lowest BCUT2D eigenvalue weighted by molar-refractivity contribution is -0.152. The monoisotopic (exact) mass is 452 g/mol. The van der Waals surface area contributed by atoms with Gasteiger partial charge in [-0.3, -0.25) is 9.59 Å². The SMILES string of the molecule is Cc1cc2nc(C)c(CCC(=O)OCC(=O)N(C)CC3COc4ccccc4O3)c(C)n2n1. The summed E-state index contributed by atoms with van der Waals surface area (Å²) < 4.78 is 18.6. The second-order valence-corrected chi connectivity index (χ2v) is 8.25. The van der Waals surface area contributed by atoms with E-state index >= 15 is 0 Å². The highest BCUT2D eigenvalue weighted by atomic mass is 16.6. The van der Waals surface area contributed by atoms with Gasteiger partial charge in [-0.25, -0.2) is 9.50 Å². The van der Waals surface area contributed by atoms with E-state index in [2.05, 4.69) is 10.1 Å². The lowest BCUT2D eigenvalue weighted by Gasteiger charge is -2.29. The number of hydrogen-bond donors (Lipinski definition) is 0. The van der Waals surface area contributed by atoms with Gasteiger partial charge in [-0.2, -0.15) is 5.10 Å². The Balaban J connectivity index is 1.25. The number of para-hydroxylation sites is 2. The zero-order chi connectivity index (χ0) is 23.5. The first-order chi connectivity index (χ1) is 15.8. The van der Waals surface area contributed by atoms with Crippen LogP contribution in [0.4, 0.5) is 0 Å². The van der Waals surface area contributed by atoms with Gasteiger partial charge in [0, 0.05) is 30.9 Å². The first-order valence-corrected chi connectivity index (χ1v) is 10.9. The maximum absolute atomic E-state index is 12.4. The molecular formula is C24H28N4O5. The van der Waals surface area contributed by atoms with Crippen LogP contribution in [-0.4, -0.2) is 64.3 Å². The molecule has 0 saturated carbocycles. The first-order valence-electron chi connectivity index (χ1n) is 10.9. The smallest absolute Gasteiger partial charge is 0.306 e. The van der Waals surface area contributed by atoms with Crippen LogP contribution in [0, 0.1) is 20.8 Å². The Morgan fingerprint density at radius 3 is 2.76 bits per heavy atom. The Morgan fingerprint density at radius 2 is 1.97 bits per heavy atom. The fraction of sp³-hybridized carbons (Fsp3) is 0.417. The number of aryl methyl sites for hydroxylation is 3. The number of ether oxygens (including phenoxy) is 3. The molecule has 0 radical (unpaired) electrons. The van der Waals surface area contributed by atoms with Gasteiger partial charge in [0.25, 0.3) is 5.91 Å². The predicted molar refractivity (Wildman–Crippen MR) is 120 cm³/mol. The number of aromatic nitrogens is 3. The molecule has 1 aromatic carbocycles. The molecule has 3 aromatic rings. The van der Waals surface area contributed by atoms with Crippen molar-refractivity contribution >= 4 is 17.5 Å². The number of hydrogen-bond acceptors (Lipinski definition) is 7. The summed E-state index contributed by atoms with van der Waals surface area (Å²) in [6.07, 6.45) is 0.334. The summed E-state index contributed by atoms with van der Waals surface area (Å²) in [5, 5.41) is 4.45. The molecule has 1 unspecified atom stereocenters. The zero-order valence-corrected chi connectivity index (χ0v) is 19.3. The molecule has 0 aliphatic carbocycles. The molecule has 0 bridgehead atoms. The lowest BCUT2D eigenvalue weighted by Crippen LogP contribution is -2.43. The van der Waals surface area contributed by atoms with E-state index < -0.39 is 5.97 Å². The molecular weight excluding hydrogens is 424 g/mol. The topological polar surface area (TPSA) is 95.3 Å². The standard InChI is InChI=1S/C24H28N4O5/c1-15-11-22-25-16(2)19(17(3)28(22)26-15)9-10-24(30)32-14-23(29)27(4)12-18-13-31-20-7-5-6-8-21(20)33-18/h5-8,11,18H,9-10,12-14H2,1-4H3. The van der Waals surface area contributed by atoms with Crippen LogP contribution in [0.1, 0.15) is 29.1 Å². The summed E-state index contributed by atoms with van der Waals surface area (Å²) in [5.74, 6) is 0.621. The van der Waals surface area contributed by atoms with Gasteiger partial charge in [-0.15, -0.1) is 0 Å². The maximum Gasteiger partial charge on any atom is 0.306 e. The van der Waals surface area contributed by atoms with E-state index in [0.29, 0.717) is 31.1 Å². The van der Waals surface area contributed by atoms with Crippen LogP contribution < -0.4 is 9.47 Å². The Kier molecular flexibility index (Phi) is 6.48. The third-order valence-corrected chi connectivity index (χ3v) is 5.69. The molecule has 9 nitrogen and oxygen atoms in total. The van der Waals surface area contributed by atoms with Crippen LogP contribution in [0.5, 0.6) is 11.5 Å². The van der Waals surface area contributed by atoms with E-state index in [1.165, 1.54) is 4.90 Å². The molecule has 0 saturated heterocycles. The minimum absolute atomic E-state index is 0.155. The molecule has 1 aliphatic rings. The van der Waals surface area contributed by atoms with Crippen molar-refractivity contribution in [3.05, 3.63) is 53.0 Å². The minimum Gasteiger partial charge on any atom is -0.486 e. The van der Waals surface area contributed by atoms with Crippen LogP contribution >= 0.6 is 0 Å². The van der Waals surface area contributed by atoms with Crippen molar-refractivity contribution in [2.45, 2.75) is 39.7 Å². The first kappa shape index (κ1) is 22.6. The second-order valence-electron chi connectivity index (χ2n) is 8.25. The number of rotatable bonds is 7. The molecule has 1 aliphatic heterocycles. The normalized spacial score (nSPS) is 14.8. The molecule has 0 N–H and O–H groups in total. The van der Waals surface area contributed by atoms with E-state index in [4.69, 9.17) is 14.2 Å². The van der Waals surface area contributed by atoms with Crippen LogP contribution in [0.3, 0.4) is 0 Å². The summed E-state index contributed by atoms with van der Waals surface area (Å²) in [5.41, 5.74) is 4.45. The highest BCUT2D eigenvalue weighted by Crippen LogP contribution is 2.30. The Hall–Kier alpha value is -3.62. The van der Waals surface area contributed by atoms with Crippen LogP contribution in [-0.2, 0) is 20.7 Å².